The predicted octanol–water partition coefficient (Wildman–Crippen LogP) is 2.62. The van der Waals surface area contributed by atoms with E-state index in [9.17, 15) is 9.18 Å². The van der Waals surface area contributed by atoms with Crippen LogP contribution in [0, 0.1) is 5.82 Å². The first-order valence-corrected chi connectivity index (χ1v) is 7.89. The highest BCUT2D eigenvalue weighted by atomic mass is 32.2. The fraction of sp³-hybridized carbons (Fsp3) is 0.333. The maximum Gasteiger partial charge on any atom is 0.223 e. The molecule has 1 aromatic carbocycles. The van der Waals surface area contributed by atoms with Gasteiger partial charge in [-0.15, -0.1) is 11.8 Å². The van der Waals surface area contributed by atoms with Gasteiger partial charge in [-0.25, -0.2) is 4.39 Å². The van der Waals surface area contributed by atoms with Gasteiger partial charge >= 0.3 is 0 Å². The van der Waals surface area contributed by atoms with Crippen molar-refractivity contribution in [2.45, 2.75) is 24.3 Å². The van der Waals surface area contributed by atoms with Crippen LogP contribution in [-0.2, 0) is 17.8 Å². The van der Waals surface area contributed by atoms with E-state index in [0.717, 1.165) is 24.2 Å². The maximum atomic E-state index is 13.5. The fourth-order valence-electron chi connectivity index (χ4n) is 2.40. The zero-order chi connectivity index (χ0) is 14.7. The zero-order valence-corrected chi connectivity index (χ0v) is 12.3. The number of halogens is 1. The molecule has 3 rings (SSSR count). The number of hydrogen-bond acceptors (Lipinski definition) is 3. The largest absolute Gasteiger partial charge is 0.338 e. The number of H-pyrrole nitrogens is 1. The average molecular weight is 305 g/mol. The van der Waals surface area contributed by atoms with Crippen molar-refractivity contribution in [1.82, 2.24) is 15.1 Å². The number of hydrogen-bond donors (Lipinski definition) is 1. The number of rotatable bonds is 4. The summed E-state index contributed by atoms with van der Waals surface area (Å²) in [6, 6.07) is 6.65. The standard InChI is InChI=1S/C15H16FN3OS/c16-12-3-1-2-4-14(12)21-8-6-15(20)19-7-5-13-11(10-19)9-17-18-13/h1-4,9H,5-8,10H2,(H,17,18). The van der Waals surface area contributed by atoms with Gasteiger partial charge in [0, 0.05) is 47.8 Å². The van der Waals surface area contributed by atoms with Crippen molar-refractivity contribution in [3.63, 3.8) is 0 Å². The molecule has 4 nitrogen and oxygen atoms in total. The normalized spacial score (nSPS) is 14.0. The Hall–Kier alpha value is -1.82. The van der Waals surface area contributed by atoms with E-state index in [1.807, 2.05) is 4.90 Å². The molecule has 0 radical (unpaired) electrons. The van der Waals surface area contributed by atoms with Gasteiger partial charge in [-0.3, -0.25) is 9.89 Å². The second-order valence-electron chi connectivity index (χ2n) is 4.97. The molecule has 2 aromatic rings. The molecular formula is C15H16FN3OS. The van der Waals surface area contributed by atoms with Crippen LogP contribution < -0.4 is 0 Å². The molecule has 2 heterocycles. The molecule has 21 heavy (non-hydrogen) atoms. The van der Waals surface area contributed by atoms with Gasteiger partial charge in [0.25, 0.3) is 0 Å². The Morgan fingerprint density at radius 3 is 3.14 bits per heavy atom. The number of carbonyl (C=O) groups is 1. The zero-order valence-electron chi connectivity index (χ0n) is 11.5. The molecule has 1 aromatic heterocycles. The van der Waals surface area contributed by atoms with Crippen LogP contribution in [0.3, 0.4) is 0 Å². The van der Waals surface area contributed by atoms with Crippen LogP contribution in [0.25, 0.3) is 0 Å². The Morgan fingerprint density at radius 1 is 1.43 bits per heavy atom. The molecule has 6 heteroatoms. The Balaban J connectivity index is 1.50. The molecule has 110 valence electrons. The number of thioether (sulfide) groups is 1. The molecule has 0 bridgehead atoms. The first-order chi connectivity index (χ1) is 10.2. The van der Waals surface area contributed by atoms with Crippen molar-refractivity contribution in [3.8, 4) is 0 Å². The van der Waals surface area contributed by atoms with E-state index in [4.69, 9.17) is 0 Å². The van der Waals surface area contributed by atoms with E-state index < -0.39 is 0 Å². The second kappa shape index (κ2) is 6.30. The van der Waals surface area contributed by atoms with Gasteiger partial charge in [0.2, 0.25) is 5.91 Å². The highest BCUT2D eigenvalue weighted by Gasteiger charge is 2.21. The predicted molar refractivity (Wildman–Crippen MR) is 79.4 cm³/mol. The molecule has 0 spiro atoms. The third kappa shape index (κ3) is 3.26. The van der Waals surface area contributed by atoms with E-state index in [-0.39, 0.29) is 11.7 Å². The molecule has 1 aliphatic heterocycles. The molecule has 0 unspecified atom stereocenters. The van der Waals surface area contributed by atoms with E-state index in [2.05, 4.69) is 10.2 Å². The van der Waals surface area contributed by atoms with E-state index in [1.54, 1.807) is 24.4 Å². The number of nitrogens with zero attached hydrogens (tertiary/aromatic N) is 2. The number of carbonyl (C=O) groups excluding carboxylic acids is 1. The number of nitrogens with one attached hydrogen (secondary N) is 1. The number of fused-ring (bicyclic) bond motifs is 1. The first kappa shape index (κ1) is 14.1. The number of amides is 1. The van der Waals surface area contributed by atoms with Crippen LogP contribution in [0.2, 0.25) is 0 Å². The lowest BCUT2D eigenvalue weighted by atomic mass is 10.1. The van der Waals surface area contributed by atoms with Crippen LogP contribution in [0.4, 0.5) is 4.39 Å². The topological polar surface area (TPSA) is 49.0 Å². The van der Waals surface area contributed by atoms with Gasteiger partial charge in [0.1, 0.15) is 5.82 Å². The van der Waals surface area contributed by atoms with Crippen LogP contribution in [0.1, 0.15) is 17.7 Å². The lowest BCUT2D eigenvalue weighted by molar-refractivity contribution is -0.131. The van der Waals surface area contributed by atoms with Crippen LogP contribution in [0.15, 0.2) is 35.4 Å². The summed E-state index contributed by atoms with van der Waals surface area (Å²) >= 11 is 1.39. The second-order valence-corrected chi connectivity index (χ2v) is 6.10. The Labute approximate surface area is 126 Å². The van der Waals surface area contributed by atoms with Crippen LogP contribution in [-0.4, -0.2) is 33.3 Å². The summed E-state index contributed by atoms with van der Waals surface area (Å²) in [6.45, 7) is 1.34. The monoisotopic (exact) mass is 305 g/mol. The molecule has 1 amide bonds. The molecule has 1 N–H and O–H groups in total. The Bertz CT molecular complexity index is 643. The molecule has 0 saturated heterocycles. The van der Waals surface area contributed by atoms with E-state index in [0.29, 0.717) is 23.6 Å². The van der Waals surface area contributed by atoms with Gasteiger partial charge in [-0.1, -0.05) is 12.1 Å². The smallest absolute Gasteiger partial charge is 0.223 e. The van der Waals surface area contributed by atoms with E-state index in [1.165, 1.54) is 17.8 Å². The molecule has 1 aliphatic rings. The SMILES string of the molecule is O=C(CCSc1ccccc1F)N1CCc2[nH]ncc2C1. The third-order valence-corrected chi connectivity index (χ3v) is 4.61. The average Bonchev–Trinajstić information content (AvgIpc) is 2.96. The van der Waals surface area contributed by atoms with Crippen molar-refractivity contribution >= 4 is 17.7 Å². The van der Waals surface area contributed by atoms with Crippen molar-refractivity contribution in [1.29, 1.82) is 0 Å². The van der Waals surface area contributed by atoms with Crippen molar-refractivity contribution < 1.29 is 9.18 Å². The Kier molecular flexibility index (Phi) is 4.24. The number of benzene rings is 1. The molecular weight excluding hydrogens is 289 g/mol. The van der Waals surface area contributed by atoms with Gasteiger partial charge < -0.3 is 4.90 Å². The highest BCUT2D eigenvalue weighted by molar-refractivity contribution is 7.99. The van der Waals surface area contributed by atoms with Crippen molar-refractivity contribution in [2.24, 2.45) is 0 Å². The minimum Gasteiger partial charge on any atom is -0.338 e. The third-order valence-electron chi connectivity index (χ3n) is 3.56. The summed E-state index contributed by atoms with van der Waals surface area (Å²) in [4.78, 5) is 14.6. The summed E-state index contributed by atoms with van der Waals surface area (Å²) < 4.78 is 13.5. The molecule has 0 atom stereocenters. The highest BCUT2D eigenvalue weighted by Crippen LogP contribution is 2.23. The number of aromatic amines is 1. The van der Waals surface area contributed by atoms with Crippen LogP contribution in [0.5, 0.6) is 0 Å². The first-order valence-electron chi connectivity index (χ1n) is 6.90. The van der Waals surface area contributed by atoms with Gasteiger partial charge in [-0.05, 0) is 12.1 Å². The quantitative estimate of drug-likeness (QED) is 0.883. The molecule has 0 saturated carbocycles. The Morgan fingerprint density at radius 2 is 2.29 bits per heavy atom. The van der Waals surface area contributed by atoms with Crippen molar-refractivity contribution in [2.75, 3.05) is 12.3 Å². The molecule has 0 aliphatic carbocycles. The summed E-state index contributed by atoms with van der Waals surface area (Å²) in [6.07, 6.45) is 3.02. The van der Waals surface area contributed by atoms with Gasteiger partial charge in [0.05, 0.1) is 6.20 Å². The van der Waals surface area contributed by atoms with E-state index >= 15 is 0 Å². The summed E-state index contributed by atoms with van der Waals surface area (Å²) in [5, 5.41) is 6.95. The number of aromatic nitrogens is 2. The molecule has 0 fully saturated rings. The summed E-state index contributed by atoms with van der Waals surface area (Å²) in [5.41, 5.74) is 2.22. The lowest BCUT2D eigenvalue weighted by Gasteiger charge is -2.26. The minimum atomic E-state index is -0.226. The van der Waals surface area contributed by atoms with Crippen LogP contribution >= 0.6 is 11.8 Å². The maximum absolute atomic E-state index is 13.5. The van der Waals surface area contributed by atoms with Gasteiger partial charge in [0.15, 0.2) is 0 Å². The fourth-order valence-corrected chi connectivity index (χ4v) is 3.28. The lowest BCUT2D eigenvalue weighted by Crippen LogP contribution is -2.35. The van der Waals surface area contributed by atoms with Crippen molar-refractivity contribution in [3.05, 3.63) is 47.5 Å². The summed E-state index contributed by atoms with van der Waals surface area (Å²) in [7, 11) is 0. The van der Waals surface area contributed by atoms with Gasteiger partial charge in [-0.2, -0.15) is 5.10 Å². The summed E-state index contributed by atoms with van der Waals surface area (Å²) in [5.74, 6) is 0.482. The minimum absolute atomic E-state index is 0.116.